The van der Waals surface area contributed by atoms with Crippen molar-refractivity contribution in [2.45, 2.75) is 46.7 Å². The Kier molecular flexibility index (Phi) is 6.20. The molecule has 0 atom stereocenters. The molecular weight excluding hydrogens is 288 g/mol. The molecule has 2 N–H and O–H groups in total. The van der Waals surface area contributed by atoms with Crippen LogP contribution >= 0.6 is 0 Å². The summed E-state index contributed by atoms with van der Waals surface area (Å²) in [6.45, 7) is 8.33. The summed E-state index contributed by atoms with van der Waals surface area (Å²) in [4.78, 5) is 16.0. The first-order chi connectivity index (χ1) is 11.1. The van der Waals surface area contributed by atoms with Gasteiger partial charge in [-0.1, -0.05) is 23.8 Å². The summed E-state index contributed by atoms with van der Waals surface area (Å²) < 4.78 is 2.13. The lowest BCUT2D eigenvalue weighted by Gasteiger charge is -2.10. The van der Waals surface area contributed by atoms with E-state index in [4.69, 9.17) is 0 Å². The lowest BCUT2D eigenvalue weighted by atomic mass is 10.1. The van der Waals surface area contributed by atoms with E-state index < -0.39 is 0 Å². The Morgan fingerprint density at radius 1 is 1.17 bits per heavy atom. The van der Waals surface area contributed by atoms with Crippen molar-refractivity contribution in [3.05, 3.63) is 53.1 Å². The molecule has 2 amide bonds. The molecule has 2 rings (SSSR count). The number of hydrogen-bond acceptors (Lipinski definition) is 2. The van der Waals surface area contributed by atoms with Crippen LogP contribution in [0, 0.1) is 20.8 Å². The summed E-state index contributed by atoms with van der Waals surface area (Å²) in [5, 5.41) is 5.81. The number of unbranched alkanes of at least 4 members (excludes halogenated alkanes) is 1. The number of amides is 2. The Balaban J connectivity index is 1.61. The molecule has 0 bridgehead atoms. The topological polar surface area (TPSA) is 59.0 Å². The third kappa shape index (κ3) is 5.43. The molecule has 0 saturated carbocycles. The Hall–Kier alpha value is -2.30. The van der Waals surface area contributed by atoms with Crippen LogP contribution < -0.4 is 10.6 Å². The molecule has 0 spiro atoms. The number of benzene rings is 1. The van der Waals surface area contributed by atoms with Gasteiger partial charge in [0.15, 0.2) is 0 Å². The van der Waals surface area contributed by atoms with Gasteiger partial charge >= 0.3 is 6.03 Å². The fraction of sp³-hybridized carbons (Fsp3) is 0.444. The number of hydrogen-bond donors (Lipinski definition) is 2. The van der Waals surface area contributed by atoms with Crippen LogP contribution in [0.25, 0.3) is 0 Å². The van der Waals surface area contributed by atoms with Crippen LogP contribution in [0.3, 0.4) is 0 Å². The predicted octanol–water partition coefficient (Wildman–Crippen LogP) is 3.09. The Labute approximate surface area is 138 Å². The monoisotopic (exact) mass is 314 g/mol. The average Bonchev–Trinajstić information content (AvgIpc) is 2.91. The molecule has 5 heteroatoms. The number of aromatic nitrogens is 2. The summed E-state index contributed by atoms with van der Waals surface area (Å²) in [5.41, 5.74) is 3.60. The Morgan fingerprint density at radius 2 is 2.00 bits per heavy atom. The van der Waals surface area contributed by atoms with Gasteiger partial charge in [-0.3, -0.25) is 0 Å². The predicted molar refractivity (Wildman–Crippen MR) is 92.4 cm³/mol. The molecular formula is C18H26N4O. The maximum atomic E-state index is 11.8. The minimum Gasteiger partial charge on any atom is -0.338 e. The van der Waals surface area contributed by atoms with Gasteiger partial charge in [-0.2, -0.15) is 0 Å². The lowest BCUT2D eigenvalue weighted by Crippen LogP contribution is -2.35. The fourth-order valence-corrected chi connectivity index (χ4v) is 2.53. The molecule has 1 aromatic heterocycles. The molecule has 0 saturated heterocycles. The van der Waals surface area contributed by atoms with Crippen molar-refractivity contribution in [3.8, 4) is 0 Å². The first-order valence-electron chi connectivity index (χ1n) is 8.12. The normalized spacial score (nSPS) is 10.6. The largest absolute Gasteiger partial charge is 0.338 e. The van der Waals surface area contributed by atoms with Gasteiger partial charge in [0.25, 0.3) is 0 Å². The van der Waals surface area contributed by atoms with Gasteiger partial charge in [-0.05, 0) is 44.7 Å². The minimum atomic E-state index is -0.108. The molecule has 1 heterocycles. The molecule has 2 aromatic rings. The van der Waals surface area contributed by atoms with Gasteiger partial charge in [0.2, 0.25) is 0 Å². The van der Waals surface area contributed by atoms with E-state index in [2.05, 4.69) is 52.2 Å². The van der Waals surface area contributed by atoms with E-state index in [0.717, 1.165) is 30.8 Å². The average molecular weight is 314 g/mol. The van der Waals surface area contributed by atoms with Crippen LogP contribution in [-0.4, -0.2) is 22.1 Å². The maximum absolute atomic E-state index is 11.8. The van der Waals surface area contributed by atoms with Gasteiger partial charge < -0.3 is 15.2 Å². The van der Waals surface area contributed by atoms with Gasteiger partial charge in [-0.15, -0.1) is 0 Å². The molecule has 0 radical (unpaired) electrons. The van der Waals surface area contributed by atoms with E-state index in [-0.39, 0.29) is 6.03 Å². The van der Waals surface area contributed by atoms with E-state index >= 15 is 0 Å². The quantitative estimate of drug-likeness (QED) is 0.772. The molecule has 124 valence electrons. The number of aryl methyl sites for hydroxylation is 4. The van der Waals surface area contributed by atoms with E-state index in [1.54, 1.807) is 0 Å². The van der Waals surface area contributed by atoms with Crippen molar-refractivity contribution in [2.24, 2.45) is 0 Å². The molecule has 0 aliphatic rings. The van der Waals surface area contributed by atoms with Crippen molar-refractivity contribution in [3.63, 3.8) is 0 Å². The van der Waals surface area contributed by atoms with E-state index in [1.807, 2.05) is 19.3 Å². The summed E-state index contributed by atoms with van der Waals surface area (Å²) in [7, 11) is 0. The highest BCUT2D eigenvalue weighted by Crippen LogP contribution is 2.09. The molecule has 0 aliphatic carbocycles. The number of imidazole rings is 1. The third-order valence-electron chi connectivity index (χ3n) is 3.97. The zero-order chi connectivity index (χ0) is 16.7. The number of nitrogens with one attached hydrogen (secondary N) is 2. The lowest BCUT2D eigenvalue weighted by molar-refractivity contribution is 0.240. The SMILES string of the molecule is Cc1ccc(CNC(=O)NCCCCn2ccnc2C)c(C)c1. The van der Waals surface area contributed by atoms with Gasteiger partial charge in [0.1, 0.15) is 5.82 Å². The number of carbonyl (C=O) groups is 1. The number of urea groups is 1. The van der Waals surface area contributed by atoms with Crippen LogP contribution in [0.4, 0.5) is 4.79 Å². The highest BCUT2D eigenvalue weighted by Gasteiger charge is 2.03. The third-order valence-corrected chi connectivity index (χ3v) is 3.97. The van der Waals surface area contributed by atoms with Crippen molar-refractivity contribution < 1.29 is 4.79 Å². The van der Waals surface area contributed by atoms with Gasteiger partial charge in [-0.25, -0.2) is 9.78 Å². The molecule has 23 heavy (non-hydrogen) atoms. The zero-order valence-electron chi connectivity index (χ0n) is 14.2. The van der Waals surface area contributed by atoms with Crippen molar-refractivity contribution in [1.29, 1.82) is 0 Å². The summed E-state index contributed by atoms with van der Waals surface area (Å²) >= 11 is 0. The van der Waals surface area contributed by atoms with E-state index in [0.29, 0.717) is 13.1 Å². The highest BCUT2D eigenvalue weighted by molar-refractivity contribution is 5.73. The minimum absolute atomic E-state index is 0.108. The summed E-state index contributed by atoms with van der Waals surface area (Å²) in [6.07, 6.45) is 5.77. The molecule has 1 aromatic carbocycles. The van der Waals surface area contributed by atoms with E-state index in [9.17, 15) is 4.79 Å². The smallest absolute Gasteiger partial charge is 0.315 e. The van der Waals surface area contributed by atoms with Crippen LogP contribution in [0.5, 0.6) is 0 Å². The zero-order valence-corrected chi connectivity index (χ0v) is 14.2. The maximum Gasteiger partial charge on any atom is 0.315 e. The fourth-order valence-electron chi connectivity index (χ4n) is 2.53. The van der Waals surface area contributed by atoms with Gasteiger partial charge in [0.05, 0.1) is 0 Å². The van der Waals surface area contributed by atoms with Crippen LogP contribution in [0.1, 0.15) is 35.4 Å². The first-order valence-corrected chi connectivity index (χ1v) is 8.12. The number of nitrogens with zero attached hydrogens (tertiary/aromatic N) is 2. The molecule has 0 fully saturated rings. The number of rotatable bonds is 7. The Bertz CT molecular complexity index is 648. The van der Waals surface area contributed by atoms with Crippen LogP contribution in [0.2, 0.25) is 0 Å². The second-order valence-electron chi connectivity index (χ2n) is 5.91. The first kappa shape index (κ1) is 17.1. The van der Waals surface area contributed by atoms with Crippen molar-refractivity contribution in [2.75, 3.05) is 6.54 Å². The second-order valence-corrected chi connectivity index (χ2v) is 5.91. The Morgan fingerprint density at radius 3 is 2.70 bits per heavy atom. The standard InChI is InChI=1S/C18H26N4O/c1-14-6-7-17(15(2)12-14)13-21-18(23)20-8-4-5-10-22-11-9-19-16(22)3/h6-7,9,11-12H,4-5,8,10,13H2,1-3H3,(H2,20,21,23). The highest BCUT2D eigenvalue weighted by atomic mass is 16.2. The summed E-state index contributed by atoms with van der Waals surface area (Å²) in [6, 6.07) is 6.16. The molecule has 5 nitrogen and oxygen atoms in total. The number of carbonyl (C=O) groups excluding carboxylic acids is 1. The van der Waals surface area contributed by atoms with Gasteiger partial charge in [0, 0.05) is 32.0 Å². The van der Waals surface area contributed by atoms with Crippen LogP contribution in [-0.2, 0) is 13.1 Å². The van der Waals surface area contributed by atoms with Crippen LogP contribution in [0.15, 0.2) is 30.6 Å². The van der Waals surface area contributed by atoms with Crippen molar-refractivity contribution in [1.82, 2.24) is 20.2 Å². The molecule has 0 unspecified atom stereocenters. The second kappa shape index (κ2) is 8.36. The van der Waals surface area contributed by atoms with E-state index in [1.165, 1.54) is 11.1 Å². The molecule has 0 aliphatic heterocycles. The van der Waals surface area contributed by atoms with Crippen molar-refractivity contribution >= 4 is 6.03 Å². The summed E-state index contributed by atoms with van der Waals surface area (Å²) in [5.74, 6) is 1.03.